The van der Waals surface area contributed by atoms with Crippen LogP contribution in [0.2, 0.25) is 0 Å². The molecule has 1 aromatic carbocycles. The fourth-order valence-electron chi connectivity index (χ4n) is 1.68. The molecule has 1 rings (SSSR count). The molecule has 0 radical (unpaired) electrons. The van der Waals surface area contributed by atoms with Gasteiger partial charge < -0.3 is 35.1 Å². The minimum Gasteiger partial charge on any atom is -0.508 e. The second-order valence-corrected chi connectivity index (χ2v) is 4.69. The maximum atomic E-state index is 11.7. The smallest absolute Gasteiger partial charge is 0.331 e. The Morgan fingerprint density at radius 3 is 2.30 bits per heavy atom. The Morgan fingerprint density at radius 1 is 1.17 bits per heavy atom. The van der Waals surface area contributed by atoms with Crippen LogP contribution in [0.1, 0.15) is 5.56 Å². The Bertz CT molecular complexity index is 539. The largest absolute Gasteiger partial charge is 0.508 e. The van der Waals surface area contributed by atoms with Crippen LogP contribution < -0.4 is 0 Å². The number of phenols is 1. The average Bonchev–Trinajstić information content (AvgIpc) is 2.57. The van der Waals surface area contributed by atoms with Crippen molar-refractivity contribution in [3.8, 4) is 5.75 Å². The quantitative estimate of drug-likeness (QED) is 0.223. The number of esters is 1. The number of aliphatic hydroxyl groups excluding tert-OH is 4. The van der Waals surface area contributed by atoms with Crippen molar-refractivity contribution in [1.29, 1.82) is 0 Å². The number of aliphatic hydroxyl groups is 4. The van der Waals surface area contributed by atoms with Crippen LogP contribution in [0.4, 0.5) is 0 Å². The number of carbonyl (C=O) groups excluding carboxylic acids is 2. The van der Waals surface area contributed by atoms with Crippen LogP contribution in [0.3, 0.4) is 0 Å². The molecule has 0 aliphatic rings. The van der Waals surface area contributed by atoms with Gasteiger partial charge in [-0.2, -0.15) is 0 Å². The van der Waals surface area contributed by atoms with Gasteiger partial charge in [0.1, 0.15) is 24.1 Å². The van der Waals surface area contributed by atoms with E-state index in [4.69, 9.17) is 14.9 Å². The average molecular weight is 326 g/mol. The van der Waals surface area contributed by atoms with Crippen LogP contribution in [0.15, 0.2) is 30.3 Å². The van der Waals surface area contributed by atoms with Crippen molar-refractivity contribution in [2.45, 2.75) is 24.4 Å². The molecule has 0 saturated heterocycles. The molecule has 5 N–H and O–H groups in total. The van der Waals surface area contributed by atoms with Gasteiger partial charge in [-0.05, 0) is 23.8 Å². The van der Waals surface area contributed by atoms with Crippen molar-refractivity contribution in [1.82, 2.24) is 0 Å². The highest BCUT2D eigenvalue weighted by Crippen LogP contribution is 2.12. The van der Waals surface area contributed by atoms with Crippen LogP contribution in [0, 0.1) is 0 Å². The maximum Gasteiger partial charge on any atom is 0.331 e. The molecule has 0 aromatic heterocycles. The van der Waals surface area contributed by atoms with Crippen molar-refractivity contribution < 1.29 is 39.9 Å². The van der Waals surface area contributed by atoms with Gasteiger partial charge in [-0.15, -0.1) is 0 Å². The molecule has 0 aliphatic heterocycles. The number of aromatic hydroxyl groups is 1. The van der Waals surface area contributed by atoms with Gasteiger partial charge >= 0.3 is 5.97 Å². The maximum absolute atomic E-state index is 11.7. The summed E-state index contributed by atoms with van der Waals surface area (Å²) in [5.74, 6) is -0.908. The third-order valence-electron chi connectivity index (χ3n) is 2.95. The van der Waals surface area contributed by atoms with Crippen molar-refractivity contribution in [2.75, 3.05) is 6.61 Å². The first-order chi connectivity index (χ1) is 10.9. The summed E-state index contributed by atoms with van der Waals surface area (Å²) in [7, 11) is 0. The first-order valence-electron chi connectivity index (χ1n) is 6.67. The highest BCUT2D eigenvalue weighted by molar-refractivity contribution is 5.87. The molecular weight excluding hydrogens is 308 g/mol. The number of rotatable bonds is 8. The molecule has 0 amide bonds. The van der Waals surface area contributed by atoms with Gasteiger partial charge in [0, 0.05) is 6.08 Å². The number of hydrogen-bond acceptors (Lipinski definition) is 8. The van der Waals surface area contributed by atoms with E-state index < -0.39 is 37.0 Å². The summed E-state index contributed by atoms with van der Waals surface area (Å²) in [4.78, 5) is 22.2. The van der Waals surface area contributed by atoms with Gasteiger partial charge in [-0.3, -0.25) is 0 Å². The Kier molecular flexibility index (Phi) is 7.36. The molecule has 0 fully saturated rings. The molecule has 4 atom stereocenters. The monoisotopic (exact) mass is 326 g/mol. The summed E-state index contributed by atoms with van der Waals surface area (Å²) in [5.41, 5.74) is 0.576. The summed E-state index contributed by atoms with van der Waals surface area (Å²) < 4.78 is 4.78. The van der Waals surface area contributed by atoms with Crippen molar-refractivity contribution in [3.63, 3.8) is 0 Å². The Morgan fingerprint density at radius 2 is 1.78 bits per heavy atom. The lowest BCUT2D eigenvalue weighted by Crippen LogP contribution is -2.48. The number of hydrogen-bond donors (Lipinski definition) is 5. The lowest BCUT2D eigenvalue weighted by Gasteiger charge is -2.27. The van der Waals surface area contributed by atoms with E-state index >= 15 is 0 Å². The molecule has 0 bridgehead atoms. The summed E-state index contributed by atoms with van der Waals surface area (Å²) in [5, 5.41) is 46.5. The SMILES string of the molecule is O=C[C@H](O)[C@@H](O)[C@H](OC(=O)/C=C/c1ccc(O)cc1)[C@H](O)CO. The first-order valence-corrected chi connectivity index (χ1v) is 6.67. The lowest BCUT2D eigenvalue weighted by molar-refractivity contribution is -0.170. The standard InChI is InChI=1S/C15H18O8/c16-7-11(19)14(22)15(12(20)8-17)23-13(21)6-3-9-1-4-10(18)5-2-9/h1-7,11-12,14-15,17-20,22H,8H2/b6-3+/t11-,12+,14+,15+/m0/s1. The highest BCUT2D eigenvalue weighted by Gasteiger charge is 2.34. The minimum atomic E-state index is -1.89. The zero-order valence-electron chi connectivity index (χ0n) is 12.0. The van der Waals surface area contributed by atoms with Crippen LogP contribution in [0.5, 0.6) is 5.75 Å². The molecular formula is C15H18O8. The number of ether oxygens (including phenoxy) is 1. The van der Waals surface area contributed by atoms with Crippen molar-refractivity contribution in [3.05, 3.63) is 35.9 Å². The number of phenolic OH excluding ortho intramolecular Hbond substituents is 1. The molecule has 1 aromatic rings. The summed E-state index contributed by atoms with van der Waals surface area (Å²) >= 11 is 0. The summed E-state index contributed by atoms with van der Waals surface area (Å²) in [6, 6.07) is 5.88. The Labute approximate surface area is 131 Å². The Hall–Kier alpha value is -2.26. The van der Waals surface area contributed by atoms with Crippen LogP contribution in [-0.4, -0.2) is 68.8 Å². The van der Waals surface area contributed by atoms with Gasteiger partial charge in [0.15, 0.2) is 12.4 Å². The third kappa shape index (κ3) is 5.80. The van der Waals surface area contributed by atoms with Gasteiger partial charge in [0.25, 0.3) is 0 Å². The molecule has 0 saturated carbocycles. The molecule has 0 unspecified atom stereocenters. The predicted octanol–water partition coefficient (Wildman–Crippen LogP) is -1.41. The number of benzene rings is 1. The van der Waals surface area contributed by atoms with E-state index in [1.807, 2.05) is 0 Å². The van der Waals surface area contributed by atoms with E-state index in [-0.39, 0.29) is 12.0 Å². The van der Waals surface area contributed by atoms with E-state index in [1.165, 1.54) is 30.3 Å². The van der Waals surface area contributed by atoms with E-state index in [1.54, 1.807) is 0 Å². The van der Waals surface area contributed by atoms with Crippen LogP contribution >= 0.6 is 0 Å². The lowest BCUT2D eigenvalue weighted by atomic mass is 10.0. The summed E-state index contributed by atoms with van der Waals surface area (Å²) in [6.07, 6.45) is -4.77. The number of carbonyl (C=O) groups is 2. The second-order valence-electron chi connectivity index (χ2n) is 4.69. The van der Waals surface area contributed by atoms with Crippen molar-refractivity contribution >= 4 is 18.3 Å². The molecule has 0 spiro atoms. The zero-order valence-corrected chi connectivity index (χ0v) is 12.0. The third-order valence-corrected chi connectivity index (χ3v) is 2.95. The molecule has 126 valence electrons. The van der Waals surface area contributed by atoms with E-state index in [9.17, 15) is 24.9 Å². The highest BCUT2D eigenvalue weighted by atomic mass is 16.6. The zero-order chi connectivity index (χ0) is 17.4. The first kappa shape index (κ1) is 18.8. The van der Waals surface area contributed by atoms with Gasteiger partial charge in [-0.1, -0.05) is 12.1 Å². The second kappa shape index (κ2) is 9.01. The normalized spacial score (nSPS) is 16.5. The van der Waals surface area contributed by atoms with Crippen LogP contribution in [0.25, 0.3) is 6.08 Å². The fourth-order valence-corrected chi connectivity index (χ4v) is 1.68. The fraction of sp³-hybridized carbons (Fsp3) is 0.333. The summed E-state index contributed by atoms with van der Waals surface area (Å²) in [6.45, 7) is -0.845. The molecule has 8 heteroatoms. The van der Waals surface area contributed by atoms with E-state index in [2.05, 4.69) is 0 Å². The van der Waals surface area contributed by atoms with Gasteiger partial charge in [0.2, 0.25) is 0 Å². The van der Waals surface area contributed by atoms with Crippen LogP contribution in [-0.2, 0) is 14.3 Å². The molecule has 0 aliphatic carbocycles. The van der Waals surface area contributed by atoms with Crippen molar-refractivity contribution in [2.24, 2.45) is 0 Å². The predicted molar refractivity (Wildman–Crippen MR) is 78.2 cm³/mol. The van der Waals surface area contributed by atoms with Gasteiger partial charge in [0.05, 0.1) is 6.61 Å². The van der Waals surface area contributed by atoms with E-state index in [0.717, 1.165) is 6.08 Å². The topological polar surface area (TPSA) is 145 Å². The molecule has 23 heavy (non-hydrogen) atoms. The molecule has 8 nitrogen and oxygen atoms in total. The molecule has 0 heterocycles. The minimum absolute atomic E-state index is 0.0158. The van der Waals surface area contributed by atoms with E-state index in [0.29, 0.717) is 5.56 Å². The van der Waals surface area contributed by atoms with Gasteiger partial charge in [-0.25, -0.2) is 4.79 Å². The Balaban J connectivity index is 2.76. The number of aldehydes is 1.